The molecule has 1 rings (SSSR count). The van der Waals surface area contributed by atoms with Crippen LogP contribution in [-0.2, 0) is 14.3 Å². The summed E-state index contributed by atoms with van der Waals surface area (Å²) in [6.45, 7) is 0.463. The van der Waals surface area contributed by atoms with Crippen molar-refractivity contribution < 1.29 is 14.3 Å². The molecule has 0 aromatic heterocycles. The van der Waals surface area contributed by atoms with Crippen molar-refractivity contribution in [2.75, 3.05) is 13.7 Å². The van der Waals surface area contributed by atoms with E-state index >= 15 is 0 Å². The number of carbonyl (C=O) groups is 1. The van der Waals surface area contributed by atoms with Gasteiger partial charge in [-0.15, -0.1) is 0 Å². The summed E-state index contributed by atoms with van der Waals surface area (Å²) in [6.07, 6.45) is 2.03. The van der Waals surface area contributed by atoms with Gasteiger partial charge in [0.1, 0.15) is 12.7 Å². The Bertz CT molecular complexity index is 139. The smallest absolute Gasteiger partial charge is 0.151 e. The van der Waals surface area contributed by atoms with E-state index in [2.05, 4.69) is 0 Å². The first-order valence-corrected chi connectivity index (χ1v) is 2.68. The van der Waals surface area contributed by atoms with Gasteiger partial charge in [0.05, 0.1) is 11.8 Å². The van der Waals surface area contributed by atoms with Crippen molar-refractivity contribution >= 4 is 6.29 Å². The lowest BCUT2D eigenvalue weighted by molar-refractivity contribution is -0.105. The average Bonchev–Trinajstić information content (AvgIpc) is 2.33. The zero-order valence-electron chi connectivity index (χ0n) is 5.16. The number of carbonyl (C=O) groups excluding carboxylic acids is 1. The van der Waals surface area contributed by atoms with Gasteiger partial charge in [0.2, 0.25) is 0 Å². The summed E-state index contributed by atoms with van der Waals surface area (Å²) in [4.78, 5) is 10.1. The van der Waals surface area contributed by atoms with Crippen LogP contribution >= 0.6 is 0 Å². The van der Waals surface area contributed by atoms with Crippen LogP contribution in [0.1, 0.15) is 0 Å². The molecule has 0 aromatic carbocycles. The molecule has 0 spiro atoms. The quantitative estimate of drug-likeness (QED) is 0.495. The van der Waals surface area contributed by atoms with E-state index < -0.39 is 0 Å². The van der Waals surface area contributed by atoms with Gasteiger partial charge in [-0.05, 0) is 0 Å². The van der Waals surface area contributed by atoms with E-state index in [1.165, 1.54) is 6.26 Å². The molecule has 1 aliphatic heterocycles. The first kappa shape index (κ1) is 6.29. The maximum absolute atomic E-state index is 10.1. The lowest BCUT2D eigenvalue weighted by atomic mass is 10.2. The number of aldehydes is 1. The highest BCUT2D eigenvalue weighted by Crippen LogP contribution is 2.10. The van der Waals surface area contributed by atoms with Gasteiger partial charge in [-0.3, -0.25) is 4.79 Å². The fraction of sp³-hybridized carbons (Fsp3) is 0.500. The second kappa shape index (κ2) is 2.64. The molecule has 3 heteroatoms. The predicted octanol–water partition coefficient (Wildman–Crippen LogP) is 0.114. The van der Waals surface area contributed by atoms with Crippen molar-refractivity contribution in [2.45, 2.75) is 6.10 Å². The Labute approximate surface area is 53.3 Å². The van der Waals surface area contributed by atoms with Crippen LogP contribution in [0.3, 0.4) is 0 Å². The van der Waals surface area contributed by atoms with Crippen LogP contribution in [0.4, 0.5) is 0 Å². The Hall–Kier alpha value is -0.830. The third-order valence-electron chi connectivity index (χ3n) is 1.26. The minimum absolute atomic E-state index is 0.150. The summed E-state index contributed by atoms with van der Waals surface area (Å²) in [6, 6.07) is 0. The van der Waals surface area contributed by atoms with Crippen molar-refractivity contribution in [2.24, 2.45) is 0 Å². The van der Waals surface area contributed by atoms with Gasteiger partial charge in [-0.2, -0.15) is 0 Å². The first-order valence-electron chi connectivity index (χ1n) is 2.68. The fourth-order valence-electron chi connectivity index (χ4n) is 0.712. The van der Waals surface area contributed by atoms with E-state index in [0.29, 0.717) is 12.2 Å². The lowest BCUT2D eigenvalue weighted by Gasteiger charge is -2.03. The van der Waals surface area contributed by atoms with E-state index in [9.17, 15) is 4.79 Å². The first-order chi connectivity index (χ1) is 4.38. The normalized spacial score (nSPS) is 25.0. The Morgan fingerprint density at radius 2 is 2.78 bits per heavy atom. The monoisotopic (exact) mass is 128 g/mol. The van der Waals surface area contributed by atoms with E-state index in [1.54, 1.807) is 7.11 Å². The molecule has 1 atom stereocenters. The van der Waals surface area contributed by atoms with Crippen LogP contribution in [0.2, 0.25) is 0 Å². The van der Waals surface area contributed by atoms with Crippen LogP contribution in [-0.4, -0.2) is 26.1 Å². The SMILES string of the molecule is COC1COC=C1C=O. The Morgan fingerprint density at radius 1 is 2.00 bits per heavy atom. The van der Waals surface area contributed by atoms with Gasteiger partial charge in [0.25, 0.3) is 0 Å². The molecule has 3 nitrogen and oxygen atoms in total. The molecule has 0 fully saturated rings. The van der Waals surface area contributed by atoms with Crippen molar-refractivity contribution in [1.82, 2.24) is 0 Å². The van der Waals surface area contributed by atoms with E-state index in [1.807, 2.05) is 0 Å². The third kappa shape index (κ3) is 1.10. The van der Waals surface area contributed by atoms with Crippen molar-refractivity contribution in [3.05, 3.63) is 11.8 Å². The van der Waals surface area contributed by atoms with Crippen LogP contribution in [0.5, 0.6) is 0 Å². The van der Waals surface area contributed by atoms with E-state index in [-0.39, 0.29) is 6.10 Å². The highest BCUT2D eigenvalue weighted by atomic mass is 16.5. The Kier molecular flexibility index (Phi) is 1.85. The molecule has 0 aliphatic carbocycles. The molecule has 0 saturated carbocycles. The topological polar surface area (TPSA) is 35.5 Å². The summed E-state index contributed by atoms with van der Waals surface area (Å²) in [5, 5.41) is 0. The number of hydrogen-bond donors (Lipinski definition) is 0. The van der Waals surface area contributed by atoms with Crippen molar-refractivity contribution in [3.63, 3.8) is 0 Å². The van der Waals surface area contributed by atoms with Crippen LogP contribution in [0, 0.1) is 0 Å². The van der Waals surface area contributed by atoms with Crippen LogP contribution < -0.4 is 0 Å². The molecule has 1 unspecified atom stereocenters. The van der Waals surface area contributed by atoms with Gasteiger partial charge < -0.3 is 9.47 Å². The molecule has 9 heavy (non-hydrogen) atoms. The van der Waals surface area contributed by atoms with Crippen LogP contribution in [0.25, 0.3) is 0 Å². The summed E-state index contributed by atoms with van der Waals surface area (Å²) >= 11 is 0. The Morgan fingerprint density at radius 3 is 3.22 bits per heavy atom. The molecule has 1 heterocycles. The minimum atomic E-state index is -0.150. The fourth-order valence-corrected chi connectivity index (χ4v) is 0.712. The second-order valence-corrected chi connectivity index (χ2v) is 1.79. The lowest BCUT2D eigenvalue weighted by Crippen LogP contribution is -2.14. The largest absolute Gasteiger partial charge is 0.498 e. The van der Waals surface area contributed by atoms with E-state index in [4.69, 9.17) is 9.47 Å². The van der Waals surface area contributed by atoms with Gasteiger partial charge in [-0.25, -0.2) is 0 Å². The van der Waals surface area contributed by atoms with Gasteiger partial charge >= 0.3 is 0 Å². The standard InChI is InChI=1S/C6H8O3/c1-8-6-4-9-3-5(6)2-7/h2-3,6H,4H2,1H3. The number of ether oxygens (including phenoxy) is 2. The van der Waals surface area contributed by atoms with E-state index in [0.717, 1.165) is 6.29 Å². The zero-order chi connectivity index (χ0) is 6.69. The average molecular weight is 128 g/mol. The molecule has 50 valence electrons. The summed E-state index contributed by atoms with van der Waals surface area (Å²) < 4.78 is 9.72. The number of hydrogen-bond acceptors (Lipinski definition) is 3. The second-order valence-electron chi connectivity index (χ2n) is 1.79. The number of methoxy groups -OCH3 is 1. The van der Waals surface area contributed by atoms with Crippen molar-refractivity contribution in [1.29, 1.82) is 0 Å². The molecule has 0 bridgehead atoms. The highest BCUT2D eigenvalue weighted by molar-refractivity contribution is 5.74. The Balaban J connectivity index is 2.56. The molecular formula is C6H8O3. The third-order valence-corrected chi connectivity index (χ3v) is 1.26. The van der Waals surface area contributed by atoms with Gasteiger partial charge in [0.15, 0.2) is 6.29 Å². The molecule has 1 aliphatic rings. The molecule has 0 aromatic rings. The summed E-state index contributed by atoms with van der Waals surface area (Å²) in [7, 11) is 1.55. The van der Waals surface area contributed by atoms with Gasteiger partial charge in [0, 0.05) is 7.11 Å². The van der Waals surface area contributed by atoms with Crippen LogP contribution in [0.15, 0.2) is 11.8 Å². The molecule has 0 amide bonds. The van der Waals surface area contributed by atoms with Crippen molar-refractivity contribution in [3.8, 4) is 0 Å². The maximum Gasteiger partial charge on any atom is 0.151 e. The van der Waals surface area contributed by atoms with Gasteiger partial charge in [-0.1, -0.05) is 0 Å². The minimum Gasteiger partial charge on any atom is -0.498 e. The highest BCUT2D eigenvalue weighted by Gasteiger charge is 2.18. The zero-order valence-corrected chi connectivity index (χ0v) is 5.16. The summed E-state index contributed by atoms with van der Waals surface area (Å²) in [5.41, 5.74) is 0.581. The summed E-state index contributed by atoms with van der Waals surface area (Å²) in [5.74, 6) is 0. The molecule has 0 saturated heterocycles. The molecular weight excluding hydrogens is 120 g/mol. The maximum atomic E-state index is 10.1. The predicted molar refractivity (Wildman–Crippen MR) is 30.9 cm³/mol. The molecule has 0 N–H and O–H groups in total. The molecule has 0 radical (unpaired) electrons. The number of rotatable bonds is 2.